The number of alkyl halides is 2. The Morgan fingerprint density at radius 3 is 2.22 bits per heavy atom. The van der Waals surface area contributed by atoms with Crippen molar-refractivity contribution in [1.82, 2.24) is 3.97 Å². The number of hydrogen-bond acceptors (Lipinski definition) is 3. The lowest BCUT2D eigenvalue weighted by Crippen LogP contribution is -2.15. The van der Waals surface area contributed by atoms with Gasteiger partial charge in [-0.1, -0.05) is 71.7 Å². The topological polar surface area (TPSA) is 76.4 Å². The third-order valence-electron chi connectivity index (χ3n) is 8.21. The number of benzene rings is 5. The number of fused-ring (bicyclic) bond motifs is 7. The SMILES string of the molecule is O=C(O)c1ccc(-c2cccc3c2Cc2cccc(Cl)c2-c2c-3n(S(=O)(=O)c3ccc(C(F)F)cc3)c3ccc(F)cc23)c(Cl)c1. The third kappa shape index (κ3) is 4.69. The summed E-state index contributed by atoms with van der Waals surface area (Å²) in [6, 6.07) is 23.1. The van der Waals surface area contributed by atoms with Crippen LogP contribution in [0.3, 0.4) is 0 Å². The van der Waals surface area contributed by atoms with Crippen molar-refractivity contribution >= 4 is 50.1 Å². The summed E-state index contributed by atoms with van der Waals surface area (Å²) < 4.78 is 71.9. The molecular formula is C35H20Cl2F3NO4S. The van der Waals surface area contributed by atoms with Crippen LogP contribution in [0.15, 0.2) is 102 Å². The highest BCUT2D eigenvalue weighted by Crippen LogP contribution is 2.51. The number of halogens is 5. The van der Waals surface area contributed by atoms with Gasteiger partial charge in [0.1, 0.15) is 5.82 Å². The fraction of sp³-hybridized carbons (Fsp3) is 0.0571. The maximum absolute atomic E-state index is 14.9. The molecule has 1 aliphatic carbocycles. The van der Waals surface area contributed by atoms with Crippen molar-refractivity contribution in [1.29, 1.82) is 0 Å². The number of carboxylic acids is 1. The first-order chi connectivity index (χ1) is 22.0. The van der Waals surface area contributed by atoms with Gasteiger partial charge < -0.3 is 5.11 Å². The zero-order valence-electron chi connectivity index (χ0n) is 23.4. The standard InChI is InChI=1S/C35H20Cl2F3NO4S/c36-28-6-1-3-19-15-26-23(24-13-9-20(35(42)43)16-29(24)37)4-2-5-25(26)33-32(31(19)28)27-17-21(38)10-14-30(27)41(33)46(44,45)22-11-7-18(8-12-22)34(39)40/h1-14,16-17,34H,15H2,(H,42,43). The molecule has 11 heteroatoms. The van der Waals surface area contributed by atoms with E-state index in [1.54, 1.807) is 36.4 Å². The zero-order chi connectivity index (χ0) is 32.5. The Morgan fingerprint density at radius 2 is 1.52 bits per heavy atom. The summed E-state index contributed by atoms with van der Waals surface area (Å²) in [5.74, 6) is -1.74. The van der Waals surface area contributed by atoms with Crippen LogP contribution in [0.1, 0.15) is 33.5 Å². The first-order valence-corrected chi connectivity index (χ1v) is 16.1. The van der Waals surface area contributed by atoms with Gasteiger partial charge in [0, 0.05) is 43.2 Å². The van der Waals surface area contributed by atoms with Gasteiger partial charge in [-0.3, -0.25) is 0 Å². The van der Waals surface area contributed by atoms with Gasteiger partial charge in [-0.15, -0.1) is 0 Å². The molecule has 6 aromatic rings. The second-order valence-corrected chi connectivity index (χ2v) is 13.4. The molecule has 5 aromatic carbocycles. The highest BCUT2D eigenvalue weighted by molar-refractivity contribution is 7.90. The van der Waals surface area contributed by atoms with Gasteiger partial charge in [-0.05, 0) is 71.6 Å². The van der Waals surface area contributed by atoms with Gasteiger partial charge in [-0.2, -0.15) is 0 Å². The molecule has 0 unspecified atom stereocenters. The normalized spacial score (nSPS) is 12.5. The second-order valence-electron chi connectivity index (χ2n) is 10.8. The second kappa shape index (κ2) is 11.0. The number of aromatic carboxylic acids is 1. The van der Waals surface area contributed by atoms with E-state index in [-0.39, 0.29) is 38.7 Å². The Balaban J connectivity index is 1.62. The first-order valence-electron chi connectivity index (χ1n) is 13.9. The molecule has 0 spiro atoms. The van der Waals surface area contributed by atoms with E-state index in [9.17, 15) is 31.5 Å². The summed E-state index contributed by atoms with van der Waals surface area (Å²) in [6.45, 7) is 0. The van der Waals surface area contributed by atoms with Crippen LogP contribution in [0.4, 0.5) is 13.2 Å². The minimum Gasteiger partial charge on any atom is -0.478 e. The molecule has 1 aromatic heterocycles. The highest BCUT2D eigenvalue weighted by Gasteiger charge is 2.34. The lowest BCUT2D eigenvalue weighted by atomic mass is 9.90. The Labute approximate surface area is 271 Å². The molecule has 0 amide bonds. The van der Waals surface area contributed by atoms with Crippen molar-refractivity contribution < 1.29 is 31.5 Å². The molecule has 0 bridgehead atoms. The Morgan fingerprint density at radius 1 is 0.804 bits per heavy atom. The molecule has 0 saturated carbocycles. The molecule has 0 aliphatic heterocycles. The predicted molar refractivity (Wildman–Crippen MR) is 172 cm³/mol. The van der Waals surface area contributed by atoms with E-state index >= 15 is 0 Å². The van der Waals surface area contributed by atoms with E-state index in [1.165, 1.54) is 24.3 Å². The van der Waals surface area contributed by atoms with Crippen LogP contribution in [0, 0.1) is 5.82 Å². The number of hydrogen-bond donors (Lipinski definition) is 1. The third-order valence-corrected chi connectivity index (χ3v) is 10.6. The maximum Gasteiger partial charge on any atom is 0.335 e. The van der Waals surface area contributed by atoms with Crippen LogP contribution >= 0.6 is 23.2 Å². The summed E-state index contributed by atoms with van der Waals surface area (Å²) in [5, 5.41) is 10.3. The smallest absolute Gasteiger partial charge is 0.335 e. The van der Waals surface area contributed by atoms with E-state index in [0.717, 1.165) is 39.9 Å². The largest absolute Gasteiger partial charge is 0.478 e. The lowest BCUT2D eigenvalue weighted by molar-refractivity contribution is 0.0697. The van der Waals surface area contributed by atoms with Crippen molar-refractivity contribution in [3.63, 3.8) is 0 Å². The molecule has 1 N–H and O–H groups in total. The van der Waals surface area contributed by atoms with Crippen LogP contribution in [0.25, 0.3) is 44.4 Å². The molecule has 0 saturated heterocycles. The molecule has 230 valence electrons. The van der Waals surface area contributed by atoms with E-state index in [1.807, 2.05) is 6.07 Å². The molecule has 0 fully saturated rings. The van der Waals surface area contributed by atoms with Gasteiger partial charge in [0.05, 0.1) is 21.7 Å². The van der Waals surface area contributed by atoms with Gasteiger partial charge in [0.25, 0.3) is 16.4 Å². The lowest BCUT2D eigenvalue weighted by Gasteiger charge is -2.18. The first kappa shape index (κ1) is 30.1. The number of carbonyl (C=O) groups is 1. The van der Waals surface area contributed by atoms with Crippen molar-refractivity contribution in [2.24, 2.45) is 0 Å². The number of nitrogens with zero attached hydrogens (tertiary/aromatic N) is 1. The molecule has 1 heterocycles. The van der Waals surface area contributed by atoms with Crippen LogP contribution in [0.5, 0.6) is 0 Å². The number of rotatable bonds is 5. The Bertz CT molecular complexity index is 2350. The summed E-state index contributed by atoms with van der Waals surface area (Å²) in [5.41, 5.74) is 4.00. The van der Waals surface area contributed by atoms with Gasteiger partial charge in [0.15, 0.2) is 0 Å². The molecule has 5 nitrogen and oxygen atoms in total. The molecule has 0 radical (unpaired) electrons. The molecule has 0 atom stereocenters. The van der Waals surface area contributed by atoms with Crippen molar-refractivity contribution in [2.45, 2.75) is 17.7 Å². The average molecular weight is 679 g/mol. The van der Waals surface area contributed by atoms with E-state index in [4.69, 9.17) is 23.2 Å². The molecule has 7 rings (SSSR count). The fourth-order valence-corrected chi connectivity index (χ4v) is 8.29. The highest BCUT2D eigenvalue weighted by atomic mass is 35.5. The van der Waals surface area contributed by atoms with Gasteiger partial charge in [0.2, 0.25) is 0 Å². The minimum atomic E-state index is -4.48. The maximum atomic E-state index is 14.9. The summed E-state index contributed by atoms with van der Waals surface area (Å²) >= 11 is 13.5. The van der Waals surface area contributed by atoms with E-state index in [0.29, 0.717) is 43.8 Å². The quantitative estimate of drug-likeness (QED) is 0.197. The van der Waals surface area contributed by atoms with Crippen molar-refractivity contribution in [3.05, 3.63) is 135 Å². The summed E-state index contributed by atoms with van der Waals surface area (Å²) in [7, 11) is -4.48. The van der Waals surface area contributed by atoms with E-state index in [2.05, 4.69) is 0 Å². The van der Waals surface area contributed by atoms with Crippen LogP contribution in [-0.2, 0) is 16.4 Å². The van der Waals surface area contributed by atoms with Crippen LogP contribution in [0.2, 0.25) is 10.0 Å². The van der Waals surface area contributed by atoms with Gasteiger partial charge >= 0.3 is 5.97 Å². The van der Waals surface area contributed by atoms with Crippen molar-refractivity contribution in [3.8, 4) is 33.5 Å². The molecule has 1 aliphatic rings. The van der Waals surface area contributed by atoms with Crippen LogP contribution in [-0.4, -0.2) is 23.5 Å². The van der Waals surface area contributed by atoms with Crippen molar-refractivity contribution in [2.75, 3.05) is 0 Å². The van der Waals surface area contributed by atoms with E-state index < -0.39 is 28.2 Å². The predicted octanol–water partition coefficient (Wildman–Crippen LogP) is 9.87. The monoisotopic (exact) mass is 677 g/mol. The summed E-state index contributed by atoms with van der Waals surface area (Å²) in [4.78, 5) is 11.4. The Kier molecular flexibility index (Phi) is 7.23. The zero-order valence-corrected chi connectivity index (χ0v) is 25.8. The number of aromatic nitrogens is 1. The molecule has 46 heavy (non-hydrogen) atoms. The Hall–Kier alpha value is -4.57. The minimum absolute atomic E-state index is 0.00120. The average Bonchev–Trinajstić information content (AvgIpc) is 3.27. The summed E-state index contributed by atoms with van der Waals surface area (Å²) in [6.07, 6.45) is -2.52. The molecular weight excluding hydrogens is 658 g/mol. The number of carboxylic acid groups (broad SMARTS) is 1. The fourth-order valence-electron chi connectivity index (χ4n) is 6.18. The van der Waals surface area contributed by atoms with Crippen LogP contribution < -0.4 is 0 Å². The van der Waals surface area contributed by atoms with Gasteiger partial charge in [-0.25, -0.2) is 30.4 Å².